The molecule has 3 saturated heterocycles. The van der Waals surface area contributed by atoms with Crippen LogP contribution in [-0.4, -0.2) is 115 Å². The number of rotatable bonds is 4. The summed E-state index contributed by atoms with van der Waals surface area (Å²) in [7, 11) is 0. The molecule has 0 unspecified atom stereocenters. The fourth-order valence-corrected chi connectivity index (χ4v) is 5.93. The van der Waals surface area contributed by atoms with Gasteiger partial charge in [-0.15, -0.1) is 0 Å². The number of benzene rings is 1. The molecular formula is C26H38N6O4. The molecule has 4 aliphatic rings. The lowest BCUT2D eigenvalue weighted by Crippen LogP contribution is -2.53. The number of anilines is 1. The third kappa shape index (κ3) is 5.75. The average Bonchev–Trinajstić information content (AvgIpc) is 3.10. The topological polar surface area (TPSA) is 97.5 Å². The van der Waals surface area contributed by atoms with Gasteiger partial charge >= 0.3 is 12.1 Å². The molecule has 1 aromatic carbocycles. The monoisotopic (exact) mass is 498 g/mol. The Kier molecular flexibility index (Phi) is 7.91. The number of piperidine rings is 2. The molecule has 0 radical (unpaired) electrons. The number of amides is 4. The van der Waals surface area contributed by atoms with Crippen molar-refractivity contribution in [3.63, 3.8) is 0 Å². The van der Waals surface area contributed by atoms with E-state index in [1.165, 1.54) is 0 Å². The van der Waals surface area contributed by atoms with E-state index in [9.17, 15) is 14.4 Å². The zero-order chi connectivity index (χ0) is 24.9. The van der Waals surface area contributed by atoms with Gasteiger partial charge < -0.3 is 30.1 Å². The molecule has 2 N–H and O–H groups in total. The van der Waals surface area contributed by atoms with Crippen LogP contribution in [0.5, 0.6) is 0 Å². The smallest absolute Gasteiger partial charge is 0.410 e. The summed E-state index contributed by atoms with van der Waals surface area (Å²) in [5, 5.41) is 6.41. The summed E-state index contributed by atoms with van der Waals surface area (Å²) in [6.45, 7) is 7.15. The molecule has 0 atom stereocenters. The average molecular weight is 499 g/mol. The van der Waals surface area contributed by atoms with Gasteiger partial charge in [0.25, 0.3) is 5.91 Å². The van der Waals surface area contributed by atoms with Crippen LogP contribution < -0.4 is 10.6 Å². The number of hydrogen-bond donors (Lipinski definition) is 2. The highest BCUT2D eigenvalue weighted by Gasteiger charge is 2.32. The van der Waals surface area contributed by atoms with E-state index in [2.05, 4.69) is 15.5 Å². The van der Waals surface area contributed by atoms with Gasteiger partial charge in [-0.1, -0.05) is 18.2 Å². The lowest BCUT2D eigenvalue weighted by molar-refractivity contribution is -0.136. The van der Waals surface area contributed by atoms with Crippen molar-refractivity contribution in [3.05, 3.63) is 29.8 Å². The van der Waals surface area contributed by atoms with Gasteiger partial charge in [-0.05, 0) is 43.7 Å². The first kappa shape index (κ1) is 24.8. The van der Waals surface area contributed by atoms with E-state index in [1.807, 2.05) is 34.1 Å². The molecule has 4 heterocycles. The Morgan fingerprint density at radius 1 is 0.861 bits per heavy atom. The fraction of sp³-hybridized carbons (Fsp3) is 0.654. The number of carbonyl (C=O) groups excluding carboxylic acids is 3. The molecule has 4 aliphatic heterocycles. The summed E-state index contributed by atoms with van der Waals surface area (Å²) in [5.41, 5.74) is 2.02. The van der Waals surface area contributed by atoms with E-state index in [4.69, 9.17) is 4.74 Å². The van der Waals surface area contributed by atoms with Crippen LogP contribution in [-0.2, 0) is 16.0 Å². The van der Waals surface area contributed by atoms with E-state index in [1.54, 1.807) is 4.90 Å². The minimum atomic E-state index is -0.440. The zero-order valence-electron chi connectivity index (χ0n) is 21.0. The summed E-state index contributed by atoms with van der Waals surface area (Å²) >= 11 is 0. The van der Waals surface area contributed by atoms with Crippen LogP contribution in [0.25, 0.3) is 0 Å². The molecule has 1 aromatic rings. The maximum Gasteiger partial charge on any atom is 0.410 e. The van der Waals surface area contributed by atoms with Crippen molar-refractivity contribution in [2.45, 2.75) is 44.2 Å². The van der Waals surface area contributed by atoms with E-state index >= 15 is 0 Å². The molecular weight excluding hydrogens is 460 g/mol. The Hall–Kier alpha value is -2.85. The first-order valence-electron chi connectivity index (χ1n) is 13.4. The molecule has 0 saturated carbocycles. The van der Waals surface area contributed by atoms with Crippen LogP contribution in [0, 0.1) is 0 Å². The number of hydrogen-bond acceptors (Lipinski definition) is 6. The van der Waals surface area contributed by atoms with Crippen molar-refractivity contribution >= 4 is 23.7 Å². The van der Waals surface area contributed by atoms with E-state index in [-0.39, 0.29) is 24.6 Å². The molecule has 196 valence electrons. The predicted octanol–water partition coefficient (Wildman–Crippen LogP) is 1.57. The van der Waals surface area contributed by atoms with Crippen molar-refractivity contribution in [1.29, 1.82) is 0 Å². The van der Waals surface area contributed by atoms with Gasteiger partial charge in [-0.2, -0.15) is 0 Å². The molecule has 10 nitrogen and oxygen atoms in total. The van der Waals surface area contributed by atoms with Crippen LogP contribution in [0.4, 0.5) is 15.3 Å². The minimum absolute atomic E-state index is 0.0766. The molecule has 0 aromatic heterocycles. The zero-order valence-corrected chi connectivity index (χ0v) is 21.0. The Balaban J connectivity index is 1.02. The van der Waals surface area contributed by atoms with Gasteiger partial charge in [-0.25, -0.2) is 9.59 Å². The molecule has 4 amide bonds. The highest BCUT2D eigenvalue weighted by atomic mass is 16.6. The number of urea groups is 1. The number of piperazine rings is 1. The first-order valence-corrected chi connectivity index (χ1v) is 13.4. The third-order valence-corrected chi connectivity index (χ3v) is 8.11. The number of nitrogens with one attached hydrogen (secondary N) is 2. The first-order chi connectivity index (χ1) is 17.6. The summed E-state index contributed by atoms with van der Waals surface area (Å²) in [4.78, 5) is 46.0. The van der Waals surface area contributed by atoms with Gasteiger partial charge in [0.1, 0.15) is 0 Å². The second kappa shape index (κ2) is 11.5. The second-order valence-electron chi connectivity index (χ2n) is 10.2. The number of fused-ring (bicyclic) bond motifs is 1. The quantitative estimate of drug-likeness (QED) is 0.654. The molecule has 0 spiro atoms. The van der Waals surface area contributed by atoms with Crippen molar-refractivity contribution < 1.29 is 19.1 Å². The Labute approximate surface area is 212 Å². The van der Waals surface area contributed by atoms with E-state index in [0.717, 1.165) is 69.8 Å². The third-order valence-electron chi connectivity index (χ3n) is 8.11. The lowest BCUT2D eigenvalue weighted by Gasteiger charge is -2.40. The standard InChI is InChI=1S/C26H38N6O4/c33-24(30-12-6-21(7-13-30)29-17-10-27-11-18-29)19-36-26(35)31-14-8-22(9-15-31)32-16-5-20-3-1-2-4-23(20)28-25(32)34/h1-4,21-22,27H,5-19H2,(H,28,34). The highest BCUT2D eigenvalue weighted by molar-refractivity contribution is 5.91. The van der Waals surface area contributed by atoms with Crippen LogP contribution >= 0.6 is 0 Å². The molecule has 0 bridgehead atoms. The minimum Gasteiger partial charge on any atom is -0.439 e. The van der Waals surface area contributed by atoms with Gasteiger partial charge in [0, 0.05) is 76.7 Å². The van der Waals surface area contributed by atoms with Crippen molar-refractivity contribution in [1.82, 2.24) is 24.9 Å². The van der Waals surface area contributed by atoms with E-state index < -0.39 is 6.09 Å². The highest BCUT2D eigenvalue weighted by Crippen LogP contribution is 2.25. The normalized spacial score (nSPS) is 22.6. The van der Waals surface area contributed by atoms with Crippen LogP contribution in [0.3, 0.4) is 0 Å². The number of ether oxygens (including phenoxy) is 1. The summed E-state index contributed by atoms with van der Waals surface area (Å²) < 4.78 is 5.39. The van der Waals surface area contributed by atoms with Gasteiger partial charge in [0.15, 0.2) is 6.61 Å². The molecule has 3 fully saturated rings. The van der Waals surface area contributed by atoms with Crippen LogP contribution in [0.15, 0.2) is 24.3 Å². The SMILES string of the molecule is O=C(COC(=O)N1CCC(N2CCc3ccccc3NC2=O)CC1)N1CCC(N2CCNCC2)CC1. The van der Waals surface area contributed by atoms with Crippen LogP contribution in [0.1, 0.15) is 31.2 Å². The summed E-state index contributed by atoms with van der Waals surface area (Å²) in [5.74, 6) is -0.113. The molecule has 36 heavy (non-hydrogen) atoms. The Morgan fingerprint density at radius 2 is 1.53 bits per heavy atom. The second-order valence-corrected chi connectivity index (χ2v) is 10.2. The maximum absolute atomic E-state index is 12.8. The summed E-state index contributed by atoms with van der Waals surface area (Å²) in [6, 6.07) is 8.46. The lowest BCUT2D eigenvalue weighted by atomic mass is 10.0. The van der Waals surface area contributed by atoms with Crippen molar-refractivity contribution in [3.8, 4) is 0 Å². The summed E-state index contributed by atoms with van der Waals surface area (Å²) in [6.07, 6.45) is 3.72. The maximum atomic E-state index is 12.8. The number of carbonyl (C=O) groups is 3. The number of nitrogens with zero attached hydrogens (tertiary/aromatic N) is 4. The largest absolute Gasteiger partial charge is 0.439 e. The van der Waals surface area contributed by atoms with Gasteiger partial charge in [-0.3, -0.25) is 9.69 Å². The molecule has 5 rings (SSSR count). The molecule has 10 heteroatoms. The Morgan fingerprint density at radius 3 is 2.28 bits per heavy atom. The van der Waals surface area contributed by atoms with E-state index in [0.29, 0.717) is 38.5 Å². The van der Waals surface area contributed by atoms with Gasteiger partial charge in [0.2, 0.25) is 0 Å². The van der Waals surface area contributed by atoms with Crippen molar-refractivity contribution in [2.24, 2.45) is 0 Å². The van der Waals surface area contributed by atoms with Crippen LogP contribution in [0.2, 0.25) is 0 Å². The van der Waals surface area contributed by atoms with Gasteiger partial charge in [0.05, 0.1) is 0 Å². The predicted molar refractivity (Wildman–Crippen MR) is 136 cm³/mol. The fourth-order valence-electron chi connectivity index (χ4n) is 5.93. The number of para-hydroxylation sites is 1. The number of likely N-dealkylation sites (tertiary alicyclic amines) is 2. The molecule has 0 aliphatic carbocycles. The Bertz CT molecular complexity index is 936. The van der Waals surface area contributed by atoms with Crippen molar-refractivity contribution in [2.75, 3.05) is 70.8 Å².